The zero-order valence-corrected chi connectivity index (χ0v) is 21.4. The third-order valence-corrected chi connectivity index (χ3v) is 6.99. The molecule has 0 spiro atoms. The van der Waals surface area contributed by atoms with E-state index in [2.05, 4.69) is 27.7 Å². The standard InChI is InChI=1S/C29H60/c1-5-7-9-11-13-14-15-16-17-18-20-22-25-29(4)27-23-26-28(3)24-21-19-12-10-8-6-2/h28-29H,5-27H2,1-4H3/t28-,29+/m1/s1. The first-order valence-corrected chi connectivity index (χ1v) is 14.2. The van der Waals surface area contributed by atoms with Crippen molar-refractivity contribution in [2.75, 3.05) is 0 Å². The molecule has 0 heteroatoms. The normalized spacial score (nSPS) is 13.7. The van der Waals surface area contributed by atoms with Gasteiger partial charge in [-0.05, 0) is 11.8 Å². The summed E-state index contributed by atoms with van der Waals surface area (Å²) in [5.41, 5.74) is 0. The summed E-state index contributed by atoms with van der Waals surface area (Å²) in [5, 5.41) is 0. The second-order valence-electron chi connectivity index (χ2n) is 10.4. The van der Waals surface area contributed by atoms with E-state index in [0.717, 1.165) is 11.8 Å². The van der Waals surface area contributed by atoms with Crippen LogP contribution in [0.15, 0.2) is 0 Å². The minimum absolute atomic E-state index is 0.958. The van der Waals surface area contributed by atoms with Crippen LogP contribution < -0.4 is 0 Å². The van der Waals surface area contributed by atoms with Crippen LogP contribution >= 0.6 is 0 Å². The highest BCUT2D eigenvalue weighted by molar-refractivity contribution is 4.59. The van der Waals surface area contributed by atoms with Crippen LogP contribution in [-0.4, -0.2) is 0 Å². The van der Waals surface area contributed by atoms with Crippen molar-refractivity contribution in [2.24, 2.45) is 11.8 Å². The summed E-state index contributed by atoms with van der Waals surface area (Å²) in [7, 11) is 0. The van der Waals surface area contributed by atoms with Crippen molar-refractivity contribution in [3.8, 4) is 0 Å². The molecule has 0 aliphatic rings. The van der Waals surface area contributed by atoms with E-state index < -0.39 is 0 Å². The highest BCUT2D eigenvalue weighted by atomic mass is 14.1. The fourth-order valence-electron chi connectivity index (χ4n) is 4.71. The van der Waals surface area contributed by atoms with E-state index in [4.69, 9.17) is 0 Å². The first-order chi connectivity index (χ1) is 14.2. The molecule has 0 rings (SSSR count). The van der Waals surface area contributed by atoms with Crippen molar-refractivity contribution in [1.82, 2.24) is 0 Å². The largest absolute Gasteiger partial charge is 0.0654 e. The van der Waals surface area contributed by atoms with Crippen molar-refractivity contribution in [3.63, 3.8) is 0 Å². The quantitative estimate of drug-likeness (QED) is 0.139. The third-order valence-electron chi connectivity index (χ3n) is 6.99. The van der Waals surface area contributed by atoms with Gasteiger partial charge in [-0.2, -0.15) is 0 Å². The fourth-order valence-corrected chi connectivity index (χ4v) is 4.71. The van der Waals surface area contributed by atoms with Crippen molar-refractivity contribution in [2.45, 2.75) is 175 Å². The van der Waals surface area contributed by atoms with Crippen LogP contribution in [0, 0.1) is 11.8 Å². The minimum atomic E-state index is 0.958. The molecule has 0 aromatic rings. The molecule has 176 valence electrons. The molecule has 0 aliphatic carbocycles. The Morgan fingerprint density at radius 2 is 0.552 bits per heavy atom. The van der Waals surface area contributed by atoms with Crippen LogP contribution in [0.3, 0.4) is 0 Å². The number of unbranched alkanes of at least 4 members (excludes halogenated alkanes) is 16. The highest BCUT2D eigenvalue weighted by Gasteiger charge is 2.06. The first-order valence-electron chi connectivity index (χ1n) is 14.2. The molecule has 2 atom stereocenters. The van der Waals surface area contributed by atoms with E-state index >= 15 is 0 Å². The molecule has 0 bridgehead atoms. The smallest absolute Gasteiger partial charge is 0.0443 e. The predicted octanol–water partition coefficient (Wildman–Crippen LogP) is 11.3. The maximum atomic E-state index is 2.50. The van der Waals surface area contributed by atoms with Crippen molar-refractivity contribution >= 4 is 0 Å². The number of rotatable bonds is 24. The molecule has 0 nitrogen and oxygen atoms in total. The zero-order chi connectivity index (χ0) is 21.4. The van der Waals surface area contributed by atoms with Gasteiger partial charge in [-0.1, -0.05) is 175 Å². The van der Waals surface area contributed by atoms with Gasteiger partial charge in [0.25, 0.3) is 0 Å². The van der Waals surface area contributed by atoms with E-state index in [0.29, 0.717) is 0 Å². The third kappa shape index (κ3) is 24.1. The Labute approximate surface area is 187 Å². The van der Waals surface area contributed by atoms with Crippen LogP contribution in [0.4, 0.5) is 0 Å². The molecule has 0 aromatic heterocycles. The van der Waals surface area contributed by atoms with Gasteiger partial charge in [0.1, 0.15) is 0 Å². The van der Waals surface area contributed by atoms with Gasteiger partial charge in [0.05, 0.1) is 0 Å². The second-order valence-corrected chi connectivity index (χ2v) is 10.4. The van der Waals surface area contributed by atoms with Crippen LogP contribution in [0.5, 0.6) is 0 Å². The van der Waals surface area contributed by atoms with E-state index in [-0.39, 0.29) is 0 Å². The highest BCUT2D eigenvalue weighted by Crippen LogP contribution is 2.22. The van der Waals surface area contributed by atoms with Crippen LogP contribution in [0.1, 0.15) is 175 Å². The summed E-state index contributed by atoms with van der Waals surface area (Å²) < 4.78 is 0. The molecule has 0 N–H and O–H groups in total. The van der Waals surface area contributed by atoms with Crippen LogP contribution in [0.2, 0.25) is 0 Å². The average Bonchev–Trinajstić information content (AvgIpc) is 2.71. The van der Waals surface area contributed by atoms with Crippen molar-refractivity contribution in [3.05, 3.63) is 0 Å². The molecular formula is C29H60. The fraction of sp³-hybridized carbons (Fsp3) is 1.00. The summed E-state index contributed by atoms with van der Waals surface area (Å²) >= 11 is 0. The lowest BCUT2D eigenvalue weighted by Crippen LogP contribution is -1.99. The molecule has 0 saturated heterocycles. The van der Waals surface area contributed by atoms with Gasteiger partial charge in [-0.25, -0.2) is 0 Å². The van der Waals surface area contributed by atoms with Gasteiger partial charge in [-0.15, -0.1) is 0 Å². The Morgan fingerprint density at radius 3 is 0.862 bits per heavy atom. The lowest BCUT2D eigenvalue weighted by atomic mass is 9.92. The minimum Gasteiger partial charge on any atom is -0.0654 e. The van der Waals surface area contributed by atoms with Gasteiger partial charge in [-0.3, -0.25) is 0 Å². The van der Waals surface area contributed by atoms with Crippen LogP contribution in [-0.2, 0) is 0 Å². The second kappa shape index (κ2) is 24.3. The Bertz CT molecular complexity index is 282. The molecule has 0 aromatic carbocycles. The molecule has 0 aliphatic heterocycles. The molecular weight excluding hydrogens is 348 g/mol. The molecule has 0 fully saturated rings. The lowest BCUT2D eigenvalue weighted by Gasteiger charge is -2.14. The monoisotopic (exact) mass is 408 g/mol. The van der Waals surface area contributed by atoms with Gasteiger partial charge >= 0.3 is 0 Å². The SMILES string of the molecule is CCCCCCCCCCCCCC[C@H](C)CCC[C@H](C)CCCCCCCC. The molecule has 0 radical (unpaired) electrons. The van der Waals surface area contributed by atoms with E-state index in [9.17, 15) is 0 Å². The maximum Gasteiger partial charge on any atom is -0.0443 e. The molecule has 0 unspecified atom stereocenters. The first kappa shape index (κ1) is 29.0. The topological polar surface area (TPSA) is 0 Å². The molecule has 0 saturated carbocycles. The van der Waals surface area contributed by atoms with Crippen molar-refractivity contribution < 1.29 is 0 Å². The lowest BCUT2D eigenvalue weighted by molar-refractivity contribution is 0.390. The Morgan fingerprint density at radius 1 is 0.310 bits per heavy atom. The van der Waals surface area contributed by atoms with Gasteiger partial charge < -0.3 is 0 Å². The molecule has 0 heterocycles. The maximum absolute atomic E-state index is 2.50. The van der Waals surface area contributed by atoms with Gasteiger partial charge in [0, 0.05) is 0 Å². The number of hydrogen-bond acceptors (Lipinski definition) is 0. The molecule has 29 heavy (non-hydrogen) atoms. The summed E-state index contributed by atoms with van der Waals surface area (Å²) in [6.07, 6.45) is 33.7. The van der Waals surface area contributed by atoms with Gasteiger partial charge in [0.15, 0.2) is 0 Å². The van der Waals surface area contributed by atoms with Gasteiger partial charge in [0.2, 0.25) is 0 Å². The number of hydrogen-bond donors (Lipinski definition) is 0. The van der Waals surface area contributed by atoms with E-state index in [1.54, 1.807) is 0 Å². The summed E-state index contributed by atoms with van der Waals surface area (Å²) in [5.74, 6) is 1.92. The summed E-state index contributed by atoms with van der Waals surface area (Å²) in [4.78, 5) is 0. The van der Waals surface area contributed by atoms with E-state index in [1.165, 1.54) is 148 Å². The summed E-state index contributed by atoms with van der Waals surface area (Å²) in [6.45, 7) is 9.60. The molecule has 0 amide bonds. The Balaban J connectivity index is 3.26. The van der Waals surface area contributed by atoms with E-state index in [1.807, 2.05) is 0 Å². The average molecular weight is 409 g/mol. The van der Waals surface area contributed by atoms with Crippen molar-refractivity contribution in [1.29, 1.82) is 0 Å². The summed E-state index contributed by atoms with van der Waals surface area (Å²) in [6, 6.07) is 0. The zero-order valence-electron chi connectivity index (χ0n) is 21.4. The van der Waals surface area contributed by atoms with Crippen LogP contribution in [0.25, 0.3) is 0 Å². The Hall–Kier alpha value is 0. The Kier molecular flexibility index (Phi) is 24.3. The predicted molar refractivity (Wildman–Crippen MR) is 136 cm³/mol.